The van der Waals surface area contributed by atoms with Crippen molar-refractivity contribution in [1.82, 2.24) is 0 Å². The minimum absolute atomic E-state index is 0.221. The molecular weight excluding hydrogens is 728 g/mol. The van der Waals surface area contributed by atoms with E-state index in [0.717, 1.165) is 32.1 Å². The molecule has 5 saturated carbocycles. The third-order valence-electron chi connectivity index (χ3n) is 18.2. The van der Waals surface area contributed by atoms with Crippen molar-refractivity contribution in [2.24, 2.45) is 50.7 Å². The van der Waals surface area contributed by atoms with Crippen LogP contribution in [0.4, 0.5) is 0 Å². The lowest BCUT2D eigenvalue weighted by Gasteiger charge is -2.64. The van der Waals surface area contributed by atoms with Crippen LogP contribution in [-0.2, 0) is 23.7 Å². The quantitative estimate of drug-likeness (QED) is 0.148. The maximum atomic E-state index is 11.1. The molecule has 0 aromatic rings. The van der Waals surface area contributed by atoms with Gasteiger partial charge < -0.3 is 69.6 Å². The predicted octanol–water partition coefficient (Wildman–Crippen LogP) is 0.973. The number of ether oxygens (including phenoxy) is 5. The summed E-state index contributed by atoms with van der Waals surface area (Å²) in [6.45, 7) is 10.7. The summed E-state index contributed by atoms with van der Waals surface area (Å²) in [7, 11) is 0. The van der Waals surface area contributed by atoms with Crippen LogP contribution in [0.1, 0.15) is 105 Å². The molecule has 3 aliphatic heterocycles. The molecule has 8 fully saturated rings. The highest BCUT2D eigenvalue weighted by Crippen LogP contribution is 2.89. The van der Waals surface area contributed by atoms with Crippen LogP contribution in [0.25, 0.3) is 0 Å². The van der Waals surface area contributed by atoms with Crippen molar-refractivity contribution in [2.45, 2.75) is 184 Å². The predicted molar refractivity (Wildman–Crippen MR) is 198 cm³/mol. The van der Waals surface area contributed by atoms with Crippen molar-refractivity contribution in [1.29, 1.82) is 0 Å². The molecule has 5 aliphatic carbocycles. The number of hydrogen-bond donors (Lipinski definition) is 9. The van der Waals surface area contributed by atoms with Gasteiger partial charge in [0.25, 0.3) is 0 Å². The highest BCUT2D eigenvalue weighted by Gasteiger charge is 2.82. The van der Waals surface area contributed by atoms with Crippen molar-refractivity contribution in [3.63, 3.8) is 0 Å². The minimum Gasteiger partial charge on any atom is -0.394 e. The monoisotopic (exact) mass is 798 g/mol. The summed E-state index contributed by atoms with van der Waals surface area (Å²) in [5.41, 5.74) is -0.467. The molecule has 322 valence electrons. The van der Waals surface area contributed by atoms with E-state index < -0.39 is 80.2 Å². The van der Waals surface area contributed by atoms with Crippen LogP contribution in [0.3, 0.4) is 0 Å². The van der Waals surface area contributed by atoms with E-state index in [1.54, 1.807) is 6.92 Å². The van der Waals surface area contributed by atoms with Gasteiger partial charge in [0.15, 0.2) is 12.6 Å². The highest BCUT2D eigenvalue weighted by molar-refractivity contribution is 5.30. The van der Waals surface area contributed by atoms with Crippen LogP contribution in [0.15, 0.2) is 0 Å². The van der Waals surface area contributed by atoms with E-state index in [2.05, 4.69) is 27.7 Å². The third kappa shape index (κ3) is 6.08. The summed E-state index contributed by atoms with van der Waals surface area (Å²) >= 11 is 0. The Morgan fingerprint density at radius 3 is 1.96 bits per heavy atom. The molecule has 21 unspecified atom stereocenters. The highest BCUT2D eigenvalue weighted by atomic mass is 16.7. The van der Waals surface area contributed by atoms with Gasteiger partial charge in [0, 0.05) is 0 Å². The zero-order valence-corrected chi connectivity index (χ0v) is 33.9. The normalized spacial score (nSPS) is 56.2. The number of rotatable bonds is 9. The van der Waals surface area contributed by atoms with Crippen molar-refractivity contribution in [3.8, 4) is 0 Å². The van der Waals surface area contributed by atoms with E-state index in [1.165, 1.54) is 38.5 Å². The number of aliphatic hydroxyl groups excluding tert-OH is 8. The van der Waals surface area contributed by atoms with E-state index >= 15 is 0 Å². The first-order valence-corrected chi connectivity index (χ1v) is 21.5. The zero-order valence-electron chi connectivity index (χ0n) is 33.9. The summed E-state index contributed by atoms with van der Waals surface area (Å²) in [6, 6.07) is 0. The van der Waals surface area contributed by atoms with Crippen molar-refractivity contribution in [3.05, 3.63) is 0 Å². The molecular formula is C42H70O14. The summed E-state index contributed by atoms with van der Waals surface area (Å²) in [6.07, 6.45) is -3.09. The van der Waals surface area contributed by atoms with Gasteiger partial charge in [-0.25, -0.2) is 0 Å². The summed E-state index contributed by atoms with van der Waals surface area (Å²) in [5.74, 6) is 2.12. The van der Waals surface area contributed by atoms with Crippen LogP contribution in [0, 0.1) is 50.7 Å². The molecule has 0 bridgehead atoms. The molecule has 56 heavy (non-hydrogen) atoms. The molecule has 0 aromatic carbocycles. The van der Waals surface area contributed by atoms with E-state index in [0.29, 0.717) is 35.7 Å². The first kappa shape index (κ1) is 42.1. The van der Waals surface area contributed by atoms with Crippen LogP contribution in [0.2, 0.25) is 0 Å². The molecule has 21 atom stereocenters. The van der Waals surface area contributed by atoms with Gasteiger partial charge >= 0.3 is 0 Å². The molecule has 2 spiro atoms. The average Bonchev–Trinajstić information content (AvgIpc) is 3.76. The number of hydrogen-bond acceptors (Lipinski definition) is 14. The van der Waals surface area contributed by atoms with E-state index in [9.17, 15) is 46.0 Å². The Bertz CT molecular complexity index is 1420. The Morgan fingerprint density at radius 2 is 1.30 bits per heavy atom. The van der Waals surface area contributed by atoms with Gasteiger partial charge in [0.1, 0.15) is 54.4 Å². The Labute approximate surface area is 330 Å². The zero-order chi connectivity index (χ0) is 40.4. The second-order valence-corrected chi connectivity index (χ2v) is 20.9. The van der Waals surface area contributed by atoms with Gasteiger partial charge in [-0.2, -0.15) is 0 Å². The molecule has 9 N–H and O–H groups in total. The fraction of sp³-hybridized carbons (Fsp3) is 1.00. The second-order valence-electron chi connectivity index (χ2n) is 20.9. The van der Waals surface area contributed by atoms with Gasteiger partial charge in [0.05, 0.1) is 38.6 Å². The molecule has 0 amide bonds. The first-order chi connectivity index (χ1) is 26.3. The SMILES string of the molecule is CC(O)(CO)C1CCC(C2CCC3(C)C4CCC5C(C)(C)C(OC6OC(COC7OC(CO)C(O)C(O)C7O)C(O)C(O)C6O)CCC56CC46CCC23C)CO1. The molecule has 8 aliphatic rings. The largest absolute Gasteiger partial charge is 0.394 e. The number of aliphatic hydroxyl groups is 9. The topological polar surface area (TPSA) is 228 Å². The minimum atomic E-state index is -1.64. The van der Waals surface area contributed by atoms with Crippen LogP contribution in [0.5, 0.6) is 0 Å². The van der Waals surface area contributed by atoms with Gasteiger partial charge in [-0.1, -0.05) is 27.7 Å². The van der Waals surface area contributed by atoms with E-state index in [4.69, 9.17) is 23.7 Å². The third-order valence-corrected chi connectivity index (χ3v) is 18.2. The molecule has 0 radical (unpaired) electrons. The van der Waals surface area contributed by atoms with Crippen molar-refractivity contribution >= 4 is 0 Å². The van der Waals surface area contributed by atoms with E-state index in [-0.39, 0.29) is 40.5 Å². The lowest BCUT2D eigenvalue weighted by molar-refractivity contribution is -0.343. The average molecular weight is 799 g/mol. The maximum absolute atomic E-state index is 11.1. The standard InChI is InChI=1S/C42H70O14/c1-37(2)25-7-8-26-39(4)12-10-22(21-6-9-28(52-17-21)40(5,51)20-44)38(39,3)14-15-42(26)19-41(25,42)13-11-27(37)56-36-34(50)32(48)30(46)24(55-36)18-53-35-33(49)31(47)29(45)23(16-43)54-35/h21-36,43-51H,6-20H2,1-5H3. The lowest BCUT2D eigenvalue weighted by Crippen LogP contribution is -2.63. The molecule has 0 aromatic heterocycles. The maximum Gasteiger partial charge on any atom is 0.186 e. The Hall–Kier alpha value is -0.560. The lowest BCUT2D eigenvalue weighted by atomic mass is 9.41. The van der Waals surface area contributed by atoms with E-state index in [1.807, 2.05) is 0 Å². The molecule has 8 rings (SSSR count). The first-order valence-electron chi connectivity index (χ1n) is 21.5. The van der Waals surface area contributed by atoms with Gasteiger partial charge in [0.2, 0.25) is 0 Å². The van der Waals surface area contributed by atoms with Gasteiger partial charge in [-0.3, -0.25) is 0 Å². The molecule has 3 saturated heterocycles. The smallest absolute Gasteiger partial charge is 0.186 e. The molecule has 14 nitrogen and oxygen atoms in total. The van der Waals surface area contributed by atoms with Gasteiger partial charge in [-0.05, 0) is 128 Å². The Kier molecular flexibility index (Phi) is 10.9. The van der Waals surface area contributed by atoms with Crippen LogP contribution in [-0.4, -0.2) is 152 Å². The second kappa shape index (κ2) is 14.5. The molecule has 14 heteroatoms. The summed E-state index contributed by atoms with van der Waals surface area (Å²) in [4.78, 5) is 0. The molecule has 3 heterocycles. The fourth-order valence-corrected chi connectivity index (χ4v) is 14.8. The number of fused-ring (bicyclic) bond motifs is 2. The van der Waals surface area contributed by atoms with Gasteiger partial charge in [-0.15, -0.1) is 0 Å². The Morgan fingerprint density at radius 1 is 0.661 bits per heavy atom. The Balaban J connectivity index is 0.926. The van der Waals surface area contributed by atoms with Crippen molar-refractivity contribution in [2.75, 3.05) is 26.4 Å². The summed E-state index contributed by atoms with van der Waals surface area (Å²) < 4.78 is 30.1. The van der Waals surface area contributed by atoms with Crippen LogP contribution >= 0.6 is 0 Å². The summed E-state index contributed by atoms with van der Waals surface area (Å²) in [5, 5.41) is 93.5. The fourth-order valence-electron chi connectivity index (χ4n) is 14.8. The van der Waals surface area contributed by atoms with Crippen molar-refractivity contribution < 1.29 is 69.6 Å². The van der Waals surface area contributed by atoms with Crippen LogP contribution < -0.4 is 0 Å².